The lowest BCUT2D eigenvalue weighted by molar-refractivity contribution is 0.262. The molecule has 2 N–H and O–H groups in total. The van der Waals surface area contributed by atoms with Crippen LogP contribution in [-0.4, -0.2) is 22.5 Å². The standard InChI is InChI=1S/C14H18N4OS2/c1-3-4-8-12-17-18-14(21-12)16-13(19)15-10-6-5-7-11(9-10)20-2/h5-7,9H,3-4,8H2,1-2H3,(H2,15,16,18,19). The van der Waals surface area contributed by atoms with Crippen molar-refractivity contribution in [3.05, 3.63) is 29.3 Å². The molecule has 0 aliphatic heterocycles. The number of hydrogen-bond acceptors (Lipinski definition) is 5. The number of amides is 2. The van der Waals surface area contributed by atoms with Crippen LogP contribution in [0, 0.1) is 0 Å². The number of nitrogens with zero attached hydrogens (tertiary/aromatic N) is 2. The Morgan fingerprint density at radius 3 is 2.95 bits per heavy atom. The normalized spacial score (nSPS) is 10.4. The van der Waals surface area contributed by atoms with Crippen molar-refractivity contribution in [2.45, 2.75) is 31.1 Å². The van der Waals surface area contributed by atoms with Gasteiger partial charge in [0, 0.05) is 17.0 Å². The fourth-order valence-corrected chi connectivity index (χ4v) is 2.93. The average molecular weight is 322 g/mol. The molecule has 21 heavy (non-hydrogen) atoms. The highest BCUT2D eigenvalue weighted by Gasteiger charge is 2.08. The monoisotopic (exact) mass is 322 g/mol. The van der Waals surface area contributed by atoms with Gasteiger partial charge in [-0.3, -0.25) is 5.32 Å². The van der Waals surface area contributed by atoms with Gasteiger partial charge in [0.25, 0.3) is 0 Å². The molecule has 7 heteroatoms. The summed E-state index contributed by atoms with van der Waals surface area (Å²) in [6.07, 6.45) is 5.11. The maximum absolute atomic E-state index is 11.9. The molecule has 1 aromatic heterocycles. The lowest BCUT2D eigenvalue weighted by Gasteiger charge is -2.06. The zero-order valence-electron chi connectivity index (χ0n) is 12.0. The molecule has 0 fully saturated rings. The van der Waals surface area contributed by atoms with Gasteiger partial charge in [0.1, 0.15) is 5.01 Å². The van der Waals surface area contributed by atoms with Gasteiger partial charge in [-0.05, 0) is 30.9 Å². The number of carbonyl (C=O) groups is 1. The van der Waals surface area contributed by atoms with Crippen LogP contribution >= 0.6 is 23.1 Å². The van der Waals surface area contributed by atoms with Crippen molar-refractivity contribution in [2.24, 2.45) is 0 Å². The first-order valence-electron chi connectivity index (χ1n) is 6.75. The number of aryl methyl sites for hydroxylation is 1. The van der Waals surface area contributed by atoms with Crippen molar-refractivity contribution in [3.8, 4) is 0 Å². The molecule has 0 radical (unpaired) electrons. The van der Waals surface area contributed by atoms with Gasteiger partial charge in [-0.1, -0.05) is 30.7 Å². The Bertz CT molecular complexity index is 600. The lowest BCUT2D eigenvalue weighted by atomic mass is 10.3. The Balaban J connectivity index is 1.90. The molecule has 112 valence electrons. The maximum atomic E-state index is 11.9. The summed E-state index contributed by atoms with van der Waals surface area (Å²) in [5, 5.41) is 15.0. The number of rotatable bonds is 6. The maximum Gasteiger partial charge on any atom is 0.325 e. The van der Waals surface area contributed by atoms with Crippen LogP contribution in [0.2, 0.25) is 0 Å². The van der Waals surface area contributed by atoms with E-state index in [1.54, 1.807) is 11.8 Å². The summed E-state index contributed by atoms with van der Waals surface area (Å²) in [7, 11) is 0. The summed E-state index contributed by atoms with van der Waals surface area (Å²) in [6, 6.07) is 7.39. The Hall–Kier alpha value is -1.60. The summed E-state index contributed by atoms with van der Waals surface area (Å²) in [6.45, 7) is 2.14. The van der Waals surface area contributed by atoms with Crippen molar-refractivity contribution < 1.29 is 4.79 Å². The van der Waals surface area contributed by atoms with Gasteiger partial charge in [-0.15, -0.1) is 22.0 Å². The van der Waals surface area contributed by atoms with Crippen LogP contribution < -0.4 is 10.6 Å². The first kappa shape index (κ1) is 15.8. The van der Waals surface area contributed by atoms with Crippen LogP contribution in [0.3, 0.4) is 0 Å². The minimum absolute atomic E-state index is 0.300. The summed E-state index contributed by atoms with van der Waals surface area (Å²) >= 11 is 3.05. The van der Waals surface area contributed by atoms with E-state index >= 15 is 0 Å². The second-order valence-electron chi connectivity index (χ2n) is 4.42. The molecule has 0 unspecified atom stereocenters. The SMILES string of the molecule is CCCCc1nnc(NC(=O)Nc2cccc(SC)c2)s1. The number of nitrogens with one attached hydrogen (secondary N) is 2. The van der Waals surface area contributed by atoms with Gasteiger partial charge in [-0.2, -0.15) is 0 Å². The minimum atomic E-state index is -0.300. The number of benzene rings is 1. The Morgan fingerprint density at radius 2 is 2.19 bits per heavy atom. The van der Waals surface area contributed by atoms with E-state index in [9.17, 15) is 4.79 Å². The van der Waals surface area contributed by atoms with E-state index in [0.29, 0.717) is 5.13 Å². The van der Waals surface area contributed by atoms with E-state index in [4.69, 9.17) is 0 Å². The van der Waals surface area contributed by atoms with Crippen LogP contribution in [0.1, 0.15) is 24.8 Å². The smallest absolute Gasteiger partial charge is 0.308 e. The molecule has 0 spiro atoms. The van der Waals surface area contributed by atoms with Crippen molar-refractivity contribution in [2.75, 3.05) is 16.9 Å². The highest BCUT2D eigenvalue weighted by atomic mass is 32.2. The zero-order valence-corrected chi connectivity index (χ0v) is 13.7. The number of anilines is 2. The lowest BCUT2D eigenvalue weighted by Crippen LogP contribution is -2.19. The molecule has 2 rings (SSSR count). The van der Waals surface area contributed by atoms with Gasteiger partial charge < -0.3 is 5.32 Å². The molecule has 0 saturated heterocycles. The van der Waals surface area contributed by atoms with Gasteiger partial charge in [0.2, 0.25) is 5.13 Å². The van der Waals surface area contributed by atoms with E-state index in [2.05, 4.69) is 27.8 Å². The third kappa shape index (κ3) is 5.02. The van der Waals surface area contributed by atoms with E-state index in [1.807, 2.05) is 30.5 Å². The Morgan fingerprint density at radius 1 is 1.33 bits per heavy atom. The second-order valence-corrected chi connectivity index (χ2v) is 6.36. The molecule has 0 saturated carbocycles. The van der Waals surface area contributed by atoms with Gasteiger partial charge in [0.15, 0.2) is 0 Å². The van der Waals surface area contributed by atoms with E-state index in [0.717, 1.165) is 34.9 Å². The summed E-state index contributed by atoms with van der Waals surface area (Å²) in [5.74, 6) is 0. The summed E-state index contributed by atoms with van der Waals surface area (Å²) in [4.78, 5) is 13.0. The van der Waals surface area contributed by atoms with Crippen molar-refractivity contribution in [1.82, 2.24) is 10.2 Å². The third-order valence-electron chi connectivity index (χ3n) is 2.76. The molecular formula is C14H18N4OS2. The number of hydrogen-bond donors (Lipinski definition) is 2. The number of aromatic nitrogens is 2. The molecule has 5 nitrogen and oxygen atoms in total. The molecule has 0 aliphatic carbocycles. The molecule has 1 heterocycles. The van der Waals surface area contributed by atoms with Gasteiger partial charge in [-0.25, -0.2) is 4.79 Å². The second kappa shape index (κ2) is 7.99. The first-order valence-corrected chi connectivity index (χ1v) is 8.80. The highest BCUT2D eigenvalue weighted by Crippen LogP contribution is 2.20. The van der Waals surface area contributed by atoms with Crippen LogP contribution in [0.5, 0.6) is 0 Å². The first-order chi connectivity index (χ1) is 10.2. The average Bonchev–Trinajstić information content (AvgIpc) is 2.92. The largest absolute Gasteiger partial charge is 0.325 e. The highest BCUT2D eigenvalue weighted by molar-refractivity contribution is 7.98. The van der Waals surface area contributed by atoms with Crippen LogP contribution in [-0.2, 0) is 6.42 Å². The summed E-state index contributed by atoms with van der Waals surface area (Å²) in [5.41, 5.74) is 0.759. The Kier molecular flexibility index (Phi) is 6.01. The molecule has 0 bridgehead atoms. The number of unbranched alkanes of at least 4 members (excludes halogenated alkanes) is 1. The molecule has 2 aromatic rings. The summed E-state index contributed by atoms with van der Waals surface area (Å²) < 4.78 is 0. The molecule has 1 aromatic carbocycles. The van der Waals surface area contributed by atoms with Crippen LogP contribution in [0.25, 0.3) is 0 Å². The Labute approximate surface area is 132 Å². The fourth-order valence-electron chi connectivity index (χ4n) is 1.69. The van der Waals surface area contributed by atoms with Crippen LogP contribution in [0.4, 0.5) is 15.6 Å². The van der Waals surface area contributed by atoms with Crippen molar-refractivity contribution in [1.29, 1.82) is 0 Å². The molecule has 0 aliphatic rings. The van der Waals surface area contributed by atoms with E-state index in [-0.39, 0.29) is 6.03 Å². The van der Waals surface area contributed by atoms with Gasteiger partial charge in [0.05, 0.1) is 0 Å². The van der Waals surface area contributed by atoms with Crippen molar-refractivity contribution in [3.63, 3.8) is 0 Å². The topological polar surface area (TPSA) is 66.9 Å². The minimum Gasteiger partial charge on any atom is -0.308 e. The molecular weight excluding hydrogens is 304 g/mol. The van der Waals surface area contributed by atoms with E-state index < -0.39 is 0 Å². The fraction of sp³-hybridized carbons (Fsp3) is 0.357. The van der Waals surface area contributed by atoms with Crippen molar-refractivity contribution >= 4 is 39.9 Å². The number of urea groups is 1. The predicted molar refractivity (Wildman–Crippen MR) is 89.4 cm³/mol. The molecule has 2 amide bonds. The number of carbonyl (C=O) groups excluding carboxylic acids is 1. The molecule has 0 atom stereocenters. The van der Waals surface area contributed by atoms with Crippen LogP contribution in [0.15, 0.2) is 29.2 Å². The van der Waals surface area contributed by atoms with Gasteiger partial charge >= 0.3 is 6.03 Å². The number of thioether (sulfide) groups is 1. The zero-order chi connectivity index (χ0) is 15.1. The van der Waals surface area contributed by atoms with E-state index in [1.165, 1.54) is 11.3 Å². The third-order valence-corrected chi connectivity index (χ3v) is 4.38. The quantitative estimate of drug-likeness (QED) is 0.780. The predicted octanol–water partition coefficient (Wildman–Crippen LogP) is 4.25.